The van der Waals surface area contributed by atoms with E-state index in [1.165, 1.54) is 24.0 Å². The summed E-state index contributed by atoms with van der Waals surface area (Å²) in [6, 6.07) is 5.48. The number of benzene rings is 1. The van der Waals surface area contributed by atoms with Crippen molar-refractivity contribution < 1.29 is 31.7 Å². The molecule has 0 spiro atoms. The molecule has 2 rings (SSSR count). The fourth-order valence-corrected chi connectivity index (χ4v) is 3.64. The number of ether oxygens (including phenoxy) is 2. The first-order valence-electron chi connectivity index (χ1n) is 9.19. The van der Waals surface area contributed by atoms with Crippen LogP contribution in [-0.4, -0.2) is 56.3 Å². The van der Waals surface area contributed by atoms with Crippen molar-refractivity contribution in [3.05, 3.63) is 42.0 Å². The number of aryl methyl sites for hydroxylation is 1. The molecule has 1 aliphatic rings. The van der Waals surface area contributed by atoms with Crippen molar-refractivity contribution >= 4 is 22.2 Å². The largest absolute Gasteiger partial charge is 0.457 e. The van der Waals surface area contributed by atoms with Crippen LogP contribution in [0.3, 0.4) is 0 Å². The normalized spacial score (nSPS) is 17.8. The third kappa shape index (κ3) is 6.57. The Morgan fingerprint density at radius 3 is 2.38 bits per heavy atom. The summed E-state index contributed by atoms with van der Waals surface area (Å²) in [5.41, 5.74) is 0.206. The van der Waals surface area contributed by atoms with Gasteiger partial charge in [0.25, 0.3) is 10.1 Å². The summed E-state index contributed by atoms with van der Waals surface area (Å²) in [5, 5.41) is 0. The van der Waals surface area contributed by atoms with Crippen LogP contribution in [0.15, 0.2) is 41.3 Å². The van der Waals surface area contributed by atoms with Crippen LogP contribution < -0.4 is 0 Å². The van der Waals surface area contributed by atoms with Gasteiger partial charge in [-0.25, -0.2) is 4.79 Å². The zero-order valence-electron chi connectivity index (χ0n) is 17.2. The second kappa shape index (κ2) is 8.96. The minimum absolute atomic E-state index is 0.00404. The van der Waals surface area contributed by atoms with Crippen molar-refractivity contribution in [3.8, 4) is 0 Å². The van der Waals surface area contributed by atoms with Gasteiger partial charge < -0.3 is 9.47 Å². The topological polar surface area (TPSA) is 99.2 Å². The van der Waals surface area contributed by atoms with Crippen molar-refractivity contribution in [1.82, 2.24) is 4.90 Å². The van der Waals surface area contributed by atoms with Gasteiger partial charge >= 0.3 is 12.1 Å². The average molecular weight is 426 g/mol. The Labute approximate surface area is 171 Å². The lowest BCUT2D eigenvalue weighted by atomic mass is 10.1. The molecule has 1 aromatic carbocycles. The van der Waals surface area contributed by atoms with Crippen LogP contribution in [0, 0.1) is 6.92 Å². The molecule has 1 aromatic rings. The lowest BCUT2D eigenvalue weighted by Crippen LogP contribution is -2.48. The van der Waals surface area contributed by atoms with E-state index in [4.69, 9.17) is 13.7 Å². The van der Waals surface area contributed by atoms with E-state index >= 15 is 0 Å². The van der Waals surface area contributed by atoms with Gasteiger partial charge in [-0.3, -0.25) is 13.9 Å². The van der Waals surface area contributed by atoms with Gasteiger partial charge in [0, 0.05) is 13.5 Å². The molecular weight excluding hydrogens is 398 g/mol. The summed E-state index contributed by atoms with van der Waals surface area (Å²) in [5.74, 6) is -0.615. The fraction of sp³-hybridized carbons (Fsp3) is 0.500. The summed E-state index contributed by atoms with van der Waals surface area (Å²) in [4.78, 5) is 25.4. The molecule has 160 valence electrons. The van der Waals surface area contributed by atoms with Gasteiger partial charge in [0.05, 0.1) is 10.9 Å². The first-order chi connectivity index (χ1) is 13.4. The van der Waals surface area contributed by atoms with Gasteiger partial charge in [0.1, 0.15) is 12.2 Å². The maximum Gasteiger partial charge on any atom is 0.411 e. The molecule has 0 bridgehead atoms. The molecule has 0 radical (unpaired) electrons. The summed E-state index contributed by atoms with van der Waals surface area (Å²) < 4.78 is 40.7. The monoisotopic (exact) mass is 425 g/mol. The maximum atomic E-state index is 12.5. The Bertz CT molecular complexity index is 869. The molecular formula is C20H27NO7S. The number of esters is 1. The van der Waals surface area contributed by atoms with Crippen LogP contribution in [0.2, 0.25) is 0 Å². The zero-order chi connectivity index (χ0) is 21.8. The summed E-state index contributed by atoms with van der Waals surface area (Å²) in [6.45, 7) is 8.08. The molecule has 0 saturated heterocycles. The van der Waals surface area contributed by atoms with E-state index in [0.717, 1.165) is 5.56 Å². The molecule has 9 heteroatoms. The van der Waals surface area contributed by atoms with Crippen LogP contribution in [0.1, 0.15) is 33.3 Å². The SMILES string of the molecule is CC(=O)OC(COS(=O)(=O)c1ccc(C)cc1)C1C=CCN1C(=O)OC(C)(C)C. The maximum absolute atomic E-state index is 12.5. The number of amides is 1. The van der Waals surface area contributed by atoms with Crippen molar-refractivity contribution in [2.24, 2.45) is 0 Å². The van der Waals surface area contributed by atoms with Gasteiger partial charge in [-0.15, -0.1) is 0 Å². The van der Waals surface area contributed by atoms with Crippen LogP contribution in [0.5, 0.6) is 0 Å². The van der Waals surface area contributed by atoms with Crippen LogP contribution in [0.4, 0.5) is 4.79 Å². The second-order valence-corrected chi connectivity index (χ2v) is 9.37. The molecule has 0 fully saturated rings. The van der Waals surface area contributed by atoms with Crippen molar-refractivity contribution in [3.63, 3.8) is 0 Å². The Hall–Kier alpha value is -2.39. The summed E-state index contributed by atoms with van der Waals surface area (Å²) in [7, 11) is -4.05. The fourth-order valence-electron chi connectivity index (χ4n) is 2.73. The summed E-state index contributed by atoms with van der Waals surface area (Å²) in [6.07, 6.45) is 1.78. The van der Waals surface area contributed by atoms with E-state index < -0.39 is 46.5 Å². The van der Waals surface area contributed by atoms with Gasteiger partial charge in [-0.1, -0.05) is 29.8 Å². The Balaban J connectivity index is 2.16. The van der Waals surface area contributed by atoms with Crippen LogP contribution in [0.25, 0.3) is 0 Å². The molecule has 0 aliphatic carbocycles. The molecule has 8 nitrogen and oxygen atoms in total. The number of carbonyl (C=O) groups excluding carboxylic acids is 2. The molecule has 0 saturated carbocycles. The number of rotatable bonds is 6. The minimum atomic E-state index is -4.05. The highest BCUT2D eigenvalue weighted by Crippen LogP contribution is 2.22. The van der Waals surface area contributed by atoms with Gasteiger partial charge in [-0.05, 0) is 39.8 Å². The predicted molar refractivity (Wildman–Crippen MR) is 106 cm³/mol. The van der Waals surface area contributed by atoms with Gasteiger partial charge in [-0.2, -0.15) is 8.42 Å². The van der Waals surface area contributed by atoms with Crippen molar-refractivity contribution in [1.29, 1.82) is 0 Å². The highest BCUT2D eigenvalue weighted by Gasteiger charge is 2.37. The molecule has 0 aromatic heterocycles. The van der Waals surface area contributed by atoms with Crippen LogP contribution >= 0.6 is 0 Å². The molecule has 2 atom stereocenters. The first-order valence-corrected chi connectivity index (χ1v) is 10.6. The first kappa shape index (κ1) is 22.9. The molecule has 1 aliphatic heterocycles. The lowest BCUT2D eigenvalue weighted by molar-refractivity contribution is -0.150. The van der Waals surface area contributed by atoms with Crippen molar-refractivity contribution in [2.45, 2.75) is 57.3 Å². The highest BCUT2D eigenvalue weighted by atomic mass is 32.2. The lowest BCUT2D eigenvalue weighted by Gasteiger charge is -2.32. The van der Waals surface area contributed by atoms with E-state index in [2.05, 4.69) is 0 Å². The molecule has 0 N–H and O–H groups in total. The third-order valence-electron chi connectivity index (χ3n) is 4.02. The van der Waals surface area contributed by atoms with E-state index in [9.17, 15) is 18.0 Å². The number of carbonyl (C=O) groups is 2. The van der Waals surface area contributed by atoms with E-state index in [1.54, 1.807) is 45.1 Å². The second-order valence-electron chi connectivity index (χ2n) is 7.75. The Morgan fingerprint density at radius 1 is 1.21 bits per heavy atom. The number of hydrogen-bond donors (Lipinski definition) is 0. The van der Waals surface area contributed by atoms with Gasteiger partial charge in [0.15, 0.2) is 6.10 Å². The number of hydrogen-bond acceptors (Lipinski definition) is 7. The van der Waals surface area contributed by atoms with Crippen molar-refractivity contribution in [2.75, 3.05) is 13.2 Å². The zero-order valence-corrected chi connectivity index (χ0v) is 18.1. The Kier molecular flexibility index (Phi) is 7.07. The highest BCUT2D eigenvalue weighted by molar-refractivity contribution is 7.86. The van der Waals surface area contributed by atoms with Crippen LogP contribution in [-0.2, 0) is 28.6 Å². The Morgan fingerprint density at radius 2 is 1.83 bits per heavy atom. The molecule has 2 unspecified atom stereocenters. The molecule has 29 heavy (non-hydrogen) atoms. The molecule has 1 heterocycles. The van der Waals surface area contributed by atoms with E-state index in [-0.39, 0.29) is 11.4 Å². The smallest absolute Gasteiger partial charge is 0.411 e. The quantitative estimate of drug-likeness (QED) is 0.392. The summed E-state index contributed by atoms with van der Waals surface area (Å²) >= 11 is 0. The van der Waals surface area contributed by atoms with E-state index in [0.29, 0.717) is 0 Å². The molecule has 1 amide bonds. The third-order valence-corrected chi connectivity index (χ3v) is 5.31. The number of nitrogens with zero attached hydrogens (tertiary/aromatic N) is 1. The van der Waals surface area contributed by atoms with Gasteiger partial charge in [0.2, 0.25) is 0 Å². The standard InChI is InChI=1S/C20H27NO7S/c1-14-8-10-16(11-9-14)29(24,25)26-13-18(27-15(2)22)17-7-6-12-21(17)19(23)28-20(3,4)5/h6-11,17-18H,12-13H2,1-5H3. The minimum Gasteiger partial charge on any atom is -0.457 e. The van der Waals surface area contributed by atoms with E-state index in [1.807, 2.05) is 6.92 Å². The predicted octanol–water partition coefficient (Wildman–Crippen LogP) is 2.81. The average Bonchev–Trinajstić information content (AvgIpc) is 3.07.